The molecule has 2 nitrogen and oxygen atoms in total. The van der Waals surface area contributed by atoms with Crippen LogP contribution in [0.4, 0.5) is 0 Å². The van der Waals surface area contributed by atoms with Gasteiger partial charge >= 0.3 is 0 Å². The van der Waals surface area contributed by atoms with E-state index in [-0.39, 0.29) is 0 Å². The second kappa shape index (κ2) is 4.76. The van der Waals surface area contributed by atoms with Crippen LogP contribution in [0.5, 0.6) is 0 Å². The van der Waals surface area contributed by atoms with Gasteiger partial charge in [-0.3, -0.25) is 0 Å². The van der Waals surface area contributed by atoms with Crippen LogP contribution in [0.3, 0.4) is 0 Å². The Labute approximate surface area is 118 Å². The van der Waals surface area contributed by atoms with Crippen molar-refractivity contribution in [3.8, 4) is 22.1 Å². The Balaban J connectivity index is 1.99. The molecule has 0 radical (unpaired) electrons. The van der Waals surface area contributed by atoms with Crippen molar-refractivity contribution < 1.29 is 4.42 Å². The van der Waals surface area contributed by atoms with Crippen LogP contribution in [-0.4, -0.2) is 4.98 Å². The van der Waals surface area contributed by atoms with Crippen LogP contribution in [-0.2, 0) is 0 Å². The summed E-state index contributed by atoms with van der Waals surface area (Å²) in [5.41, 5.74) is 0.887. The number of halogens is 2. The number of benzene rings is 1. The van der Waals surface area contributed by atoms with Gasteiger partial charge in [0.25, 0.3) is 0 Å². The van der Waals surface area contributed by atoms with Crippen molar-refractivity contribution in [2.24, 2.45) is 0 Å². The van der Waals surface area contributed by atoms with Gasteiger partial charge in [0.05, 0.1) is 16.1 Å². The Morgan fingerprint density at radius 2 is 1.83 bits per heavy atom. The topological polar surface area (TPSA) is 26.0 Å². The normalized spacial score (nSPS) is 10.8. The Bertz CT molecular complexity index is 672. The van der Waals surface area contributed by atoms with Gasteiger partial charge in [0.15, 0.2) is 5.76 Å². The second-order valence-corrected chi connectivity index (χ2v) is 5.39. The van der Waals surface area contributed by atoms with E-state index >= 15 is 0 Å². The van der Waals surface area contributed by atoms with Crippen LogP contribution in [0.25, 0.3) is 22.1 Å². The highest BCUT2D eigenvalue weighted by Gasteiger charge is 2.12. The lowest BCUT2D eigenvalue weighted by molar-refractivity contribution is 0.590. The zero-order valence-corrected chi connectivity index (χ0v) is 11.4. The molecule has 0 unspecified atom stereocenters. The molecular weight excluding hydrogens is 289 g/mol. The fourth-order valence-electron chi connectivity index (χ4n) is 1.57. The average Bonchev–Trinajstić information content (AvgIpc) is 2.98. The first-order valence-electron chi connectivity index (χ1n) is 5.19. The molecule has 0 atom stereocenters. The summed E-state index contributed by atoms with van der Waals surface area (Å²) >= 11 is 13.4. The van der Waals surface area contributed by atoms with Gasteiger partial charge in [0.1, 0.15) is 0 Å². The molecule has 18 heavy (non-hydrogen) atoms. The van der Waals surface area contributed by atoms with E-state index in [0.717, 1.165) is 10.4 Å². The number of aromatic nitrogens is 1. The zero-order valence-electron chi connectivity index (χ0n) is 9.06. The lowest BCUT2D eigenvalue weighted by Gasteiger charge is -1.95. The Hall–Kier alpha value is -1.29. The van der Waals surface area contributed by atoms with E-state index in [1.165, 1.54) is 11.3 Å². The molecule has 0 saturated heterocycles. The van der Waals surface area contributed by atoms with Crippen LogP contribution in [0.1, 0.15) is 0 Å². The molecule has 3 rings (SSSR count). The van der Waals surface area contributed by atoms with Crippen molar-refractivity contribution in [1.82, 2.24) is 4.98 Å². The van der Waals surface area contributed by atoms with Crippen LogP contribution < -0.4 is 0 Å². The third kappa shape index (κ3) is 2.17. The van der Waals surface area contributed by atoms with Crippen LogP contribution in [0.2, 0.25) is 10.0 Å². The van der Waals surface area contributed by atoms with Crippen LogP contribution in [0.15, 0.2) is 46.3 Å². The van der Waals surface area contributed by atoms with Gasteiger partial charge in [0.2, 0.25) is 5.89 Å². The maximum absolute atomic E-state index is 6.06. The first kappa shape index (κ1) is 11.8. The van der Waals surface area contributed by atoms with E-state index in [1.54, 1.807) is 18.3 Å². The lowest BCUT2D eigenvalue weighted by Crippen LogP contribution is -1.75. The Morgan fingerprint density at radius 3 is 2.50 bits per heavy atom. The molecule has 0 aliphatic heterocycles. The smallest absolute Gasteiger partial charge is 0.226 e. The molecule has 0 spiro atoms. The molecule has 0 aliphatic carbocycles. The van der Waals surface area contributed by atoms with Gasteiger partial charge < -0.3 is 4.42 Å². The highest BCUT2D eigenvalue weighted by Crippen LogP contribution is 2.35. The highest BCUT2D eigenvalue weighted by atomic mass is 35.5. The first-order chi connectivity index (χ1) is 8.74. The molecule has 2 heterocycles. The third-order valence-electron chi connectivity index (χ3n) is 2.44. The van der Waals surface area contributed by atoms with Crippen molar-refractivity contribution in [3.05, 3.63) is 52.0 Å². The van der Waals surface area contributed by atoms with E-state index in [0.29, 0.717) is 21.7 Å². The molecule has 0 fully saturated rings. The molecule has 0 amide bonds. The van der Waals surface area contributed by atoms with Gasteiger partial charge in [0, 0.05) is 10.6 Å². The molecule has 90 valence electrons. The minimum absolute atomic E-state index is 0.561. The second-order valence-electron chi connectivity index (χ2n) is 3.63. The van der Waals surface area contributed by atoms with E-state index in [9.17, 15) is 0 Å². The predicted octanol–water partition coefficient (Wildman–Crippen LogP) is 5.38. The Morgan fingerprint density at radius 1 is 1.06 bits per heavy atom. The van der Waals surface area contributed by atoms with Crippen molar-refractivity contribution in [3.63, 3.8) is 0 Å². The standard InChI is InChI=1S/C13H7Cl2NOS/c14-9-3-1-8(2-4-9)13-16-7-11(17-13)12-10(15)5-6-18-12/h1-7H. The quantitative estimate of drug-likeness (QED) is 0.634. The molecule has 0 bridgehead atoms. The number of oxazole rings is 1. The summed E-state index contributed by atoms with van der Waals surface area (Å²) in [4.78, 5) is 5.14. The Kier molecular flexibility index (Phi) is 3.12. The fraction of sp³-hybridized carbons (Fsp3) is 0. The van der Waals surface area contributed by atoms with E-state index in [4.69, 9.17) is 27.6 Å². The molecule has 0 aliphatic rings. The molecule has 3 aromatic rings. The van der Waals surface area contributed by atoms with Crippen molar-refractivity contribution in [1.29, 1.82) is 0 Å². The van der Waals surface area contributed by atoms with Crippen molar-refractivity contribution in [2.75, 3.05) is 0 Å². The van der Waals surface area contributed by atoms with E-state index < -0.39 is 0 Å². The van der Waals surface area contributed by atoms with Crippen LogP contribution in [0, 0.1) is 0 Å². The maximum atomic E-state index is 6.06. The largest absolute Gasteiger partial charge is 0.435 e. The zero-order chi connectivity index (χ0) is 12.5. The number of nitrogens with zero attached hydrogens (tertiary/aromatic N) is 1. The number of hydrogen-bond donors (Lipinski definition) is 0. The number of hydrogen-bond acceptors (Lipinski definition) is 3. The van der Waals surface area contributed by atoms with Gasteiger partial charge in [-0.1, -0.05) is 23.2 Å². The summed E-state index contributed by atoms with van der Waals surface area (Å²) in [7, 11) is 0. The monoisotopic (exact) mass is 295 g/mol. The summed E-state index contributed by atoms with van der Waals surface area (Å²) in [5.74, 6) is 1.24. The number of thiophene rings is 1. The maximum Gasteiger partial charge on any atom is 0.226 e. The molecule has 2 aromatic heterocycles. The fourth-order valence-corrected chi connectivity index (χ4v) is 2.80. The summed E-state index contributed by atoms with van der Waals surface area (Å²) in [6.45, 7) is 0. The average molecular weight is 296 g/mol. The molecular formula is C13H7Cl2NOS. The van der Waals surface area contributed by atoms with Gasteiger partial charge in [-0.25, -0.2) is 4.98 Å². The summed E-state index contributed by atoms with van der Waals surface area (Å²) in [5, 5.41) is 3.29. The third-order valence-corrected chi connectivity index (χ3v) is 4.05. The van der Waals surface area contributed by atoms with Gasteiger partial charge in [-0.05, 0) is 35.7 Å². The summed E-state index contributed by atoms with van der Waals surface area (Å²) in [6.07, 6.45) is 1.68. The summed E-state index contributed by atoms with van der Waals surface area (Å²) < 4.78 is 5.71. The lowest BCUT2D eigenvalue weighted by atomic mass is 10.2. The predicted molar refractivity (Wildman–Crippen MR) is 75.3 cm³/mol. The van der Waals surface area contributed by atoms with E-state index in [2.05, 4.69) is 4.98 Å². The van der Waals surface area contributed by atoms with Gasteiger partial charge in [-0.15, -0.1) is 11.3 Å². The SMILES string of the molecule is Clc1ccc(-c2ncc(-c3sccc3Cl)o2)cc1. The van der Waals surface area contributed by atoms with Gasteiger partial charge in [-0.2, -0.15) is 0 Å². The number of rotatable bonds is 2. The van der Waals surface area contributed by atoms with E-state index in [1.807, 2.05) is 23.6 Å². The minimum atomic E-state index is 0.561. The highest BCUT2D eigenvalue weighted by molar-refractivity contribution is 7.14. The van der Waals surface area contributed by atoms with Crippen molar-refractivity contribution in [2.45, 2.75) is 0 Å². The molecule has 0 N–H and O–H groups in total. The van der Waals surface area contributed by atoms with Crippen molar-refractivity contribution >= 4 is 34.5 Å². The minimum Gasteiger partial charge on any atom is -0.435 e. The van der Waals surface area contributed by atoms with Crippen LogP contribution >= 0.6 is 34.5 Å². The molecule has 0 saturated carbocycles. The first-order valence-corrected chi connectivity index (χ1v) is 6.83. The molecule has 5 heteroatoms. The summed E-state index contributed by atoms with van der Waals surface area (Å²) in [6, 6.07) is 9.19. The molecule has 1 aromatic carbocycles.